The van der Waals surface area contributed by atoms with Gasteiger partial charge in [-0.05, 0) is 28.1 Å². The number of hydrogen-bond donors (Lipinski definition) is 0. The van der Waals surface area contributed by atoms with E-state index in [0.717, 1.165) is 6.07 Å². The number of aromatic nitrogens is 2. The van der Waals surface area contributed by atoms with Gasteiger partial charge in [0.2, 0.25) is 5.82 Å². The van der Waals surface area contributed by atoms with E-state index >= 15 is 0 Å². The van der Waals surface area contributed by atoms with E-state index in [0.29, 0.717) is 4.47 Å². The van der Waals surface area contributed by atoms with Crippen molar-refractivity contribution in [2.24, 2.45) is 0 Å². The highest BCUT2D eigenvalue weighted by Crippen LogP contribution is 2.23. The van der Waals surface area contributed by atoms with Crippen molar-refractivity contribution in [2.75, 3.05) is 0 Å². The van der Waals surface area contributed by atoms with Crippen molar-refractivity contribution in [1.29, 1.82) is 0 Å². The van der Waals surface area contributed by atoms with Crippen molar-refractivity contribution in [3.05, 3.63) is 46.7 Å². The minimum absolute atomic E-state index is 0.0484. The van der Waals surface area contributed by atoms with Crippen LogP contribution in [0.5, 0.6) is 11.8 Å². The largest absolute Gasteiger partial charge is 0.421 e. The Hall–Kier alpha value is -1.56. The lowest BCUT2D eigenvalue weighted by Crippen LogP contribution is -1.95. The van der Waals surface area contributed by atoms with Crippen LogP contribution in [0.1, 0.15) is 0 Å². The molecule has 0 fully saturated rings. The van der Waals surface area contributed by atoms with Crippen molar-refractivity contribution in [2.45, 2.75) is 0 Å². The van der Waals surface area contributed by atoms with E-state index in [-0.39, 0.29) is 11.8 Å². The molecule has 0 unspecified atom stereocenters. The van der Waals surface area contributed by atoms with Gasteiger partial charge in [-0.1, -0.05) is 6.07 Å². The van der Waals surface area contributed by atoms with Crippen LogP contribution in [0.15, 0.2) is 35.1 Å². The number of nitrogens with zero attached hydrogens (tertiary/aromatic N) is 2. The monoisotopic (exact) mass is 286 g/mol. The predicted molar refractivity (Wildman–Crippen MR) is 56.2 cm³/mol. The highest BCUT2D eigenvalue weighted by Gasteiger charge is 2.10. The summed E-state index contributed by atoms with van der Waals surface area (Å²) in [5.41, 5.74) is 0. The third-order valence-electron chi connectivity index (χ3n) is 1.71. The fourth-order valence-electron chi connectivity index (χ4n) is 1.01. The van der Waals surface area contributed by atoms with Crippen LogP contribution in [0.25, 0.3) is 0 Å². The first-order valence-electron chi connectivity index (χ1n) is 4.26. The average Bonchev–Trinajstić information content (AvgIpc) is 2.28. The molecule has 0 bridgehead atoms. The molecule has 3 nitrogen and oxygen atoms in total. The SMILES string of the molecule is Fc1cccc(Oc2ncc(Br)cn2)c1F. The summed E-state index contributed by atoms with van der Waals surface area (Å²) in [5, 5.41) is 0. The van der Waals surface area contributed by atoms with E-state index in [1.807, 2.05) is 0 Å². The highest BCUT2D eigenvalue weighted by molar-refractivity contribution is 9.10. The van der Waals surface area contributed by atoms with Crippen molar-refractivity contribution in [3.8, 4) is 11.8 Å². The lowest BCUT2D eigenvalue weighted by atomic mass is 10.3. The Balaban J connectivity index is 2.27. The van der Waals surface area contributed by atoms with Gasteiger partial charge in [0.15, 0.2) is 11.6 Å². The second-order valence-corrected chi connectivity index (χ2v) is 3.75. The third-order valence-corrected chi connectivity index (χ3v) is 2.12. The number of rotatable bonds is 2. The summed E-state index contributed by atoms with van der Waals surface area (Å²) in [6, 6.07) is 3.59. The second kappa shape index (κ2) is 4.52. The maximum atomic E-state index is 13.2. The Morgan fingerprint density at radius 1 is 1.12 bits per heavy atom. The molecule has 0 amide bonds. The van der Waals surface area contributed by atoms with Crippen LogP contribution in [-0.2, 0) is 0 Å². The summed E-state index contributed by atoms with van der Waals surface area (Å²) in [4.78, 5) is 7.55. The lowest BCUT2D eigenvalue weighted by molar-refractivity contribution is 0.393. The quantitative estimate of drug-likeness (QED) is 0.850. The van der Waals surface area contributed by atoms with E-state index in [4.69, 9.17) is 4.74 Å². The molecule has 0 aliphatic rings. The van der Waals surface area contributed by atoms with Gasteiger partial charge in [0.25, 0.3) is 0 Å². The van der Waals surface area contributed by atoms with Crippen molar-refractivity contribution < 1.29 is 13.5 Å². The molecule has 0 atom stereocenters. The Kier molecular flexibility index (Phi) is 3.09. The number of ether oxygens (including phenoxy) is 1. The van der Waals surface area contributed by atoms with Crippen LogP contribution in [0.3, 0.4) is 0 Å². The zero-order chi connectivity index (χ0) is 11.5. The zero-order valence-electron chi connectivity index (χ0n) is 7.82. The molecule has 16 heavy (non-hydrogen) atoms. The van der Waals surface area contributed by atoms with E-state index in [1.54, 1.807) is 0 Å². The first kappa shape index (κ1) is 10.9. The molecule has 0 saturated carbocycles. The van der Waals surface area contributed by atoms with Crippen molar-refractivity contribution >= 4 is 15.9 Å². The molecule has 0 aliphatic carbocycles. The zero-order valence-corrected chi connectivity index (χ0v) is 9.41. The fraction of sp³-hybridized carbons (Fsp3) is 0. The van der Waals surface area contributed by atoms with Crippen LogP contribution in [-0.4, -0.2) is 9.97 Å². The van der Waals surface area contributed by atoms with Gasteiger partial charge in [-0.25, -0.2) is 14.4 Å². The molecule has 0 spiro atoms. The second-order valence-electron chi connectivity index (χ2n) is 2.84. The van der Waals surface area contributed by atoms with Gasteiger partial charge >= 0.3 is 6.01 Å². The molecule has 0 aliphatic heterocycles. The van der Waals surface area contributed by atoms with E-state index in [2.05, 4.69) is 25.9 Å². The number of benzene rings is 1. The van der Waals surface area contributed by atoms with E-state index < -0.39 is 11.6 Å². The summed E-state index contributed by atoms with van der Waals surface area (Å²) >= 11 is 3.14. The Morgan fingerprint density at radius 2 is 1.81 bits per heavy atom. The van der Waals surface area contributed by atoms with Crippen LogP contribution in [0.2, 0.25) is 0 Å². The van der Waals surface area contributed by atoms with Gasteiger partial charge in [0.1, 0.15) is 0 Å². The van der Waals surface area contributed by atoms with Crippen LogP contribution >= 0.6 is 15.9 Å². The van der Waals surface area contributed by atoms with Crippen LogP contribution in [0.4, 0.5) is 8.78 Å². The molecule has 1 aromatic carbocycles. The smallest absolute Gasteiger partial charge is 0.322 e. The van der Waals surface area contributed by atoms with Crippen LogP contribution < -0.4 is 4.74 Å². The minimum Gasteiger partial charge on any atom is -0.421 e. The highest BCUT2D eigenvalue weighted by atomic mass is 79.9. The third kappa shape index (κ3) is 2.33. The van der Waals surface area contributed by atoms with E-state index in [1.165, 1.54) is 24.5 Å². The number of halogens is 3. The van der Waals surface area contributed by atoms with Crippen molar-refractivity contribution in [1.82, 2.24) is 9.97 Å². The summed E-state index contributed by atoms with van der Waals surface area (Å²) in [7, 11) is 0. The van der Waals surface area contributed by atoms with Gasteiger partial charge in [0, 0.05) is 12.4 Å². The predicted octanol–water partition coefficient (Wildman–Crippen LogP) is 3.31. The molecule has 2 rings (SSSR count). The average molecular weight is 287 g/mol. The first-order valence-corrected chi connectivity index (χ1v) is 5.05. The first-order chi connectivity index (χ1) is 7.66. The molecule has 0 radical (unpaired) electrons. The summed E-state index contributed by atoms with van der Waals surface area (Å²) < 4.78 is 31.7. The molecule has 0 saturated heterocycles. The normalized spacial score (nSPS) is 10.2. The molecular formula is C10H5BrF2N2O. The molecule has 6 heteroatoms. The summed E-state index contributed by atoms with van der Waals surface area (Å²) in [6.45, 7) is 0. The number of hydrogen-bond acceptors (Lipinski definition) is 3. The maximum absolute atomic E-state index is 13.2. The maximum Gasteiger partial charge on any atom is 0.322 e. The molecule has 0 N–H and O–H groups in total. The van der Waals surface area contributed by atoms with Crippen LogP contribution in [0, 0.1) is 11.6 Å². The molecule has 1 aromatic heterocycles. The Bertz CT molecular complexity index is 505. The lowest BCUT2D eigenvalue weighted by Gasteiger charge is -2.04. The standard InChI is InChI=1S/C10H5BrF2N2O/c11-6-4-14-10(15-5-6)16-8-3-1-2-7(12)9(8)13/h1-5H. The molecule has 1 heterocycles. The van der Waals surface area contributed by atoms with Crippen molar-refractivity contribution in [3.63, 3.8) is 0 Å². The Labute approximate surface area is 98.2 Å². The Morgan fingerprint density at radius 3 is 2.50 bits per heavy atom. The topological polar surface area (TPSA) is 35.0 Å². The van der Waals surface area contributed by atoms with Gasteiger partial charge in [0.05, 0.1) is 4.47 Å². The molecule has 2 aromatic rings. The molecular weight excluding hydrogens is 282 g/mol. The minimum atomic E-state index is -1.06. The van der Waals surface area contributed by atoms with E-state index in [9.17, 15) is 8.78 Å². The van der Waals surface area contributed by atoms with Gasteiger partial charge < -0.3 is 4.74 Å². The fourth-order valence-corrected chi connectivity index (χ4v) is 1.22. The van der Waals surface area contributed by atoms with Gasteiger partial charge in [-0.3, -0.25) is 0 Å². The summed E-state index contributed by atoms with van der Waals surface area (Å²) in [5.74, 6) is -2.29. The summed E-state index contributed by atoms with van der Waals surface area (Å²) in [6.07, 6.45) is 2.89. The molecule has 82 valence electrons. The van der Waals surface area contributed by atoms with Gasteiger partial charge in [-0.2, -0.15) is 4.39 Å². The van der Waals surface area contributed by atoms with Gasteiger partial charge in [-0.15, -0.1) is 0 Å².